The number of nitrogens with two attached hydrogens (primary N) is 1. The van der Waals surface area contributed by atoms with Crippen molar-refractivity contribution < 1.29 is 48.5 Å². The van der Waals surface area contributed by atoms with Crippen LogP contribution in [0.15, 0.2) is 6.07 Å². The lowest BCUT2D eigenvalue weighted by atomic mass is 9.52. The van der Waals surface area contributed by atoms with Crippen LogP contribution in [0.5, 0.6) is 5.75 Å². The summed E-state index contributed by atoms with van der Waals surface area (Å²) in [5.41, 5.74) is 3.17. The Morgan fingerprint density at radius 1 is 1.08 bits per heavy atom. The first-order valence-electron chi connectivity index (χ1n) is 15.9. The number of aliphatic hydroxyl groups is 1. The second-order valence-electron chi connectivity index (χ2n) is 14.9. The van der Waals surface area contributed by atoms with Crippen molar-refractivity contribution in [3.63, 3.8) is 0 Å². The minimum Gasteiger partial charge on any atom is -0.507 e. The van der Waals surface area contributed by atoms with Crippen molar-refractivity contribution in [1.29, 1.82) is 0 Å². The molecule has 0 heterocycles. The maximum absolute atomic E-state index is 14.4. The van der Waals surface area contributed by atoms with Gasteiger partial charge in [-0.2, -0.15) is 0 Å². The Kier molecular flexibility index (Phi) is 9.70. The molecule has 0 radical (unpaired) electrons. The van der Waals surface area contributed by atoms with Crippen LogP contribution >= 0.6 is 0 Å². The van der Waals surface area contributed by atoms with Crippen molar-refractivity contribution in [2.45, 2.75) is 71.8 Å². The monoisotopic (exact) mass is 670 g/mol. The third-order valence-electron chi connectivity index (χ3n) is 9.63. The second kappa shape index (κ2) is 12.7. The number of fused-ring (bicyclic) bond motifs is 3. The summed E-state index contributed by atoms with van der Waals surface area (Å²) in [6, 6.07) is 0.465. The van der Waals surface area contributed by atoms with Crippen LogP contribution in [0.3, 0.4) is 0 Å². The summed E-state index contributed by atoms with van der Waals surface area (Å²) in [4.78, 5) is 97.5. The van der Waals surface area contributed by atoms with Crippen LogP contribution in [0, 0.1) is 29.1 Å². The molecule has 4 rings (SSSR count). The Hall–Kier alpha value is -4.17. The average molecular weight is 671 g/mol. The Morgan fingerprint density at radius 3 is 2.19 bits per heavy atom. The Bertz CT molecular complexity index is 1590. The van der Waals surface area contributed by atoms with Crippen LogP contribution in [0.4, 0.5) is 5.69 Å². The fourth-order valence-corrected chi connectivity index (χ4v) is 7.77. The highest BCUT2D eigenvalue weighted by Crippen LogP contribution is 2.52. The number of carbonyl (C=O) groups is 7. The van der Waals surface area contributed by atoms with E-state index in [2.05, 4.69) is 0 Å². The molecule has 0 aromatic heterocycles. The molecule has 3 unspecified atom stereocenters. The van der Waals surface area contributed by atoms with E-state index >= 15 is 0 Å². The van der Waals surface area contributed by atoms with Crippen LogP contribution < -0.4 is 10.6 Å². The zero-order valence-corrected chi connectivity index (χ0v) is 28.9. The molecule has 1 aromatic rings. The van der Waals surface area contributed by atoms with E-state index in [1.807, 2.05) is 20.8 Å². The highest BCUT2D eigenvalue weighted by molar-refractivity contribution is 6.32. The van der Waals surface area contributed by atoms with Gasteiger partial charge in [0.1, 0.15) is 5.75 Å². The van der Waals surface area contributed by atoms with E-state index in [0.29, 0.717) is 11.3 Å². The van der Waals surface area contributed by atoms with E-state index in [-0.39, 0.29) is 37.1 Å². The number of phenols is 1. The third kappa shape index (κ3) is 6.11. The molecular formula is C34H46N4O10. The van der Waals surface area contributed by atoms with E-state index in [1.165, 1.54) is 37.7 Å². The zero-order chi connectivity index (χ0) is 36.4. The fraction of sp³-hybridized carbons (Fsp3) is 0.618. The van der Waals surface area contributed by atoms with Crippen molar-refractivity contribution in [3.05, 3.63) is 22.8 Å². The molecule has 1 aromatic carbocycles. The molecule has 14 heteroatoms. The molecule has 2 saturated carbocycles. The number of hydrogen-bond donors (Lipinski definition) is 3. The first kappa shape index (κ1) is 36.7. The van der Waals surface area contributed by atoms with Gasteiger partial charge in [0, 0.05) is 51.3 Å². The van der Waals surface area contributed by atoms with E-state index in [9.17, 15) is 43.8 Å². The Labute approximate surface area is 279 Å². The second-order valence-corrected chi connectivity index (χ2v) is 14.9. The van der Waals surface area contributed by atoms with Gasteiger partial charge in [0.25, 0.3) is 5.91 Å². The molecule has 2 fully saturated rings. The number of nitrogens with zero attached hydrogens (tertiary/aromatic N) is 3. The maximum atomic E-state index is 14.4. The molecule has 14 nitrogen and oxygen atoms in total. The van der Waals surface area contributed by atoms with Crippen LogP contribution in [0.1, 0.15) is 62.5 Å². The lowest BCUT2D eigenvalue weighted by molar-refractivity contribution is -0.181. The molecule has 3 aliphatic carbocycles. The van der Waals surface area contributed by atoms with Crippen molar-refractivity contribution in [2.75, 3.05) is 39.6 Å². The predicted octanol–water partition coefficient (Wildman–Crippen LogP) is 0.259. The van der Waals surface area contributed by atoms with Gasteiger partial charge in [-0.3, -0.25) is 38.5 Å². The van der Waals surface area contributed by atoms with Crippen LogP contribution in [-0.4, -0.2) is 113 Å². The highest BCUT2D eigenvalue weighted by Gasteiger charge is 2.69. The molecule has 0 aliphatic heterocycles. The molecule has 0 bridgehead atoms. The Morgan fingerprint density at radius 2 is 1.69 bits per heavy atom. The lowest BCUT2D eigenvalue weighted by Gasteiger charge is -2.52. The normalized spacial score (nSPS) is 27.5. The van der Waals surface area contributed by atoms with E-state index in [0.717, 1.165) is 0 Å². The number of benzene rings is 1. The van der Waals surface area contributed by atoms with Crippen LogP contribution in [-0.2, 0) is 46.5 Å². The van der Waals surface area contributed by atoms with Crippen molar-refractivity contribution in [2.24, 2.45) is 34.8 Å². The number of Topliss-reactive ketones (excluding diaryl/α,β-unsaturated/α-hetero) is 4. The number of esters is 1. The quantitative estimate of drug-likeness (QED) is 0.252. The smallest absolute Gasteiger partial charge is 0.303 e. The van der Waals surface area contributed by atoms with E-state index in [4.69, 9.17) is 10.5 Å². The molecule has 7 atom stereocenters. The van der Waals surface area contributed by atoms with Gasteiger partial charge in [0.2, 0.25) is 5.91 Å². The number of primary amides is 1. The third-order valence-corrected chi connectivity index (χ3v) is 9.63. The van der Waals surface area contributed by atoms with Gasteiger partial charge in [-0.25, -0.2) is 0 Å². The van der Waals surface area contributed by atoms with E-state index in [1.54, 1.807) is 25.1 Å². The number of rotatable bonds is 8. The molecule has 48 heavy (non-hydrogen) atoms. The number of ketones is 4. The summed E-state index contributed by atoms with van der Waals surface area (Å²) in [7, 11) is 6.53. The first-order chi connectivity index (χ1) is 22.0. The van der Waals surface area contributed by atoms with Gasteiger partial charge in [0.15, 0.2) is 40.8 Å². The summed E-state index contributed by atoms with van der Waals surface area (Å²) in [5.74, 6) is -12.6. The minimum absolute atomic E-state index is 0.0683. The number of amides is 2. The zero-order valence-electron chi connectivity index (χ0n) is 28.9. The number of hydrogen-bond acceptors (Lipinski definition) is 12. The number of phenolic OH excluding ortho intramolecular Hbond substituents is 1. The summed E-state index contributed by atoms with van der Waals surface area (Å²) >= 11 is 0. The minimum atomic E-state index is -2.84. The Balaban J connectivity index is 1.85. The number of ether oxygens (including phenoxy) is 1. The van der Waals surface area contributed by atoms with Gasteiger partial charge in [-0.1, -0.05) is 20.8 Å². The molecule has 0 saturated heterocycles. The van der Waals surface area contributed by atoms with Crippen molar-refractivity contribution >= 4 is 46.6 Å². The van der Waals surface area contributed by atoms with Gasteiger partial charge in [-0.15, -0.1) is 0 Å². The topological polar surface area (TPSA) is 205 Å². The number of carbonyl (C=O) groups excluding carboxylic acids is 7. The van der Waals surface area contributed by atoms with Crippen LogP contribution in [0.2, 0.25) is 0 Å². The van der Waals surface area contributed by atoms with Gasteiger partial charge >= 0.3 is 5.97 Å². The van der Waals surface area contributed by atoms with Gasteiger partial charge in [0.05, 0.1) is 17.5 Å². The summed E-state index contributed by atoms with van der Waals surface area (Å²) < 4.78 is 5.13. The molecule has 2 amide bonds. The van der Waals surface area contributed by atoms with Gasteiger partial charge in [-0.05, 0) is 56.8 Å². The van der Waals surface area contributed by atoms with Gasteiger partial charge < -0.3 is 30.5 Å². The summed E-state index contributed by atoms with van der Waals surface area (Å²) in [6.07, 6.45) is -1.09. The van der Waals surface area contributed by atoms with Crippen molar-refractivity contribution in [1.82, 2.24) is 9.80 Å². The predicted molar refractivity (Wildman–Crippen MR) is 172 cm³/mol. The maximum Gasteiger partial charge on any atom is 0.303 e. The van der Waals surface area contributed by atoms with E-state index < -0.39 is 93.5 Å². The van der Waals surface area contributed by atoms with Crippen LogP contribution in [0.25, 0.3) is 0 Å². The largest absolute Gasteiger partial charge is 0.507 e. The SMILES string of the molecule is CC(=O)OC(C)C(=O)N(Cc1cc(N(C)C)c2c(c1O)C(=O)C1C(=O)[C@]3(O)C(=O)C(C(N)=O)C(=O)[C@@H](N(C)C)[C@@H]3C[C@@H]1C2)CC(C)(C)C. The highest BCUT2D eigenvalue weighted by atomic mass is 16.5. The number of aromatic hydroxyl groups is 1. The number of likely N-dealkylation sites (N-methyl/N-ethyl adjacent to an activating group) is 1. The molecule has 4 N–H and O–H groups in total. The standard InChI is InChI=1S/C34H46N4O10/c1-15(48-16(2)39)32(46)38(14-33(3,4)5)13-18-12-21(36(6)7)19-10-17-11-20-25(37(8)9)28(42)24(31(35)45)30(44)34(20,47)29(43)22(17)27(41)23(19)26(18)40/h12,15,17,20,22,24-25,40,47H,10-11,13-14H2,1-9H3,(H2,35,45)/t15?,17-,20-,22?,24?,25-,34-/m0/s1. The lowest BCUT2D eigenvalue weighted by Crippen LogP contribution is -2.74. The fourth-order valence-electron chi connectivity index (χ4n) is 7.77. The summed E-state index contributed by atoms with van der Waals surface area (Å²) in [6.45, 7) is 8.37. The number of anilines is 1. The molecule has 3 aliphatic rings. The van der Waals surface area contributed by atoms with Crippen molar-refractivity contribution in [3.8, 4) is 5.75 Å². The average Bonchev–Trinajstić information content (AvgIpc) is 2.93. The molecular weight excluding hydrogens is 624 g/mol. The molecule has 262 valence electrons. The molecule has 0 spiro atoms. The first-order valence-corrected chi connectivity index (χ1v) is 15.9. The summed E-state index contributed by atoms with van der Waals surface area (Å²) in [5, 5.41) is 23.6.